The Kier molecular flexibility index (Phi) is 5.13. The van der Waals surface area contributed by atoms with Crippen LogP contribution >= 0.6 is 11.6 Å². The molecule has 31 heavy (non-hydrogen) atoms. The number of fused-ring (bicyclic) bond motifs is 1. The van der Waals surface area contributed by atoms with Crippen LogP contribution in [0.1, 0.15) is 33.3 Å². The first-order chi connectivity index (χ1) is 14.6. The first-order valence-corrected chi connectivity index (χ1v) is 9.39. The van der Waals surface area contributed by atoms with Gasteiger partial charge in [0, 0.05) is 11.9 Å². The Morgan fingerprint density at radius 2 is 1.94 bits per heavy atom. The minimum absolute atomic E-state index is 0.0745. The van der Waals surface area contributed by atoms with Gasteiger partial charge in [0.2, 0.25) is 0 Å². The molecule has 1 amide bonds. The number of hydrogen-bond acceptors (Lipinski definition) is 5. The molecule has 0 unspecified atom stereocenters. The molecule has 0 atom stereocenters. The minimum atomic E-state index is -4.46. The lowest BCUT2D eigenvalue weighted by molar-refractivity contribution is -0.137. The van der Waals surface area contributed by atoms with Crippen LogP contribution in [0.15, 0.2) is 30.5 Å². The molecule has 12 heteroatoms. The Labute approximate surface area is 178 Å². The number of nitrogens with zero attached hydrogens (tertiary/aromatic N) is 5. The number of anilines is 1. The number of amides is 1. The van der Waals surface area contributed by atoms with Crippen molar-refractivity contribution in [3.63, 3.8) is 0 Å². The Hall–Kier alpha value is -3.47. The topological polar surface area (TPSA) is 101 Å². The van der Waals surface area contributed by atoms with Crippen LogP contribution < -0.4 is 5.32 Å². The summed E-state index contributed by atoms with van der Waals surface area (Å²) < 4.78 is 39.7. The van der Waals surface area contributed by atoms with Gasteiger partial charge in [-0.2, -0.15) is 23.4 Å². The number of aromatic amines is 1. The van der Waals surface area contributed by atoms with Gasteiger partial charge >= 0.3 is 6.18 Å². The van der Waals surface area contributed by atoms with Gasteiger partial charge in [0.25, 0.3) is 5.91 Å². The number of aromatic nitrogens is 6. The number of pyridine rings is 1. The summed E-state index contributed by atoms with van der Waals surface area (Å²) >= 11 is 6.47. The van der Waals surface area contributed by atoms with Crippen molar-refractivity contribution in [3.8, 4) is 0 Å². The lowest BCUT2D eigenvalue weighted by Crippen LogP contribution is -2.14. The molecule has 0 aliphatic heterocycles. The number of carbonyl (C=O) groups is 1. The molecule has 4 aromatic rings. The number of alkyl halides is 3. The molecule has 3 heterocycles. The van der Waals surface area contributed by atoms with Gasteiger partial charge in [-0.15, -0.1) is 0 Å². The van der Waals surface area contributed by atoms with Gasteiger partial charge in [-0.1, -0.05) is 11.6 Å². The van der Waals surface area contributed by atoms with Crippen molar-refractivity contribution in [2.24, 2.45) is 0 Å². The third-order valence-corrected chi connectivity index (χ3v) is 4.91. The van der Waals surface area contributed by atoms with E-state index in [2.05, 4.69) is 30.6 Å². The molecule has 160 valence electrons. The number of hydrogen-bond donors (Lipinski definition) is 2. The minimum Gasteiger partial charge on any atom is -0.322 e. The Bertz CT molecular complexity index is 1280. The number of aryl methyl sites for hydroxylation is 2. The van der Waals surface area contributed by atoms with Gasteiger partial charge in [-0.25, -0.2) is 14.6 Å². The van der Waals surface area contributed by atoms with Crippen LogP contribution in [0.3, 0.4) is 0 Å². The number of halogens is 4. The fourth-order valence-corrected chi connectivity index (χ4v) is 3.43. The van der Waals surface area contributed by atoms with Crippen molar-refractivity contribution in [2.75, 3.05) is 5.32 Å². The number of rotatable bonds is 4. The van der Waals surface area contributed by atoms with Crippen molar-refractivity contribution in [1.29, 1.82) is 0 Å². The van der Waals surface area contributed by atoms with E-state index in [0.29, 0.717) is 28.4 Å². The van der Waals surface area contributed by atoms with E-state index in [1.807, 2.05) is 0 Å². The predicted molar refractivity (Wildman–Crippen MR) is 107 cm³/mol. The second-order valence-corrected chi connectivity index (χ2v) is 7.17. The molecule has 0 bridgehead atoms. The van der Waals surface area contributed by atoms with E-state index in [9.17, 15) is 18.0 Å². The first kappa shape index (κ1) is 20.8. The van der Waals surface area contributed by atoms with Gasteiger partial charge in [0.1, 0.15) is 12.4 Å². The summed E-state index contributed by atoms with van der Waals surface area (Å²) in [7, 11) is 0. The fourth-order valence-electron chi connectivity index (χ4n) is 3.08. The van der Waals surface area contributed by atoms with E-state index in [1.54, 1.807) is 18.5 Å². The maximum absolute atomic E-state index is 12.7. The molecule has 2 N–H and O–H groups in total. The van der Waals surface area contributed by atoms with Crippen LogP contribution in [0.25, 0.3) is 11.0 Å². The molecule has 3 aromatic heterocycles. The molecule has 0 radical (unpaired) electrons. The normalized spacial score (nSPS) is 11.8. The van der Waals surface area contributed by atoms with Crippen LogP contribution in [0.4, 0.5) is 18.9 Å². The molecule has 0 fully saturated rings. The van der Waals surface area contributed by atoms with Crippen molar-refractivity contribution < 1.29 is 18.0 Å². The molecule has 0 aliphatic carbocycles. The number of benzene rings is 1. The van der Waals surface area contributed by atoms with E-state index in [1.165, 1.54) is 18.3 Å². The molecule has 0 saturated heterocycles. The third kappa shape index (κ3) is 4.08. The summed E-state index contributed by atoms with van der Waals surface area (Å²) in [5, 5.41) is 14.4. The monoisotopic (exact) mass is 449 g/mol. The molecule has 0 saturated carbocycles. The van der Waals surface area contributed by atoms with Gasteiger partial charge in [0.05, 0.1) is 27.2 Å². The summed E-state index contributed by atoms with van der Waals surface area (Å²) in [6.07, 6.45) is -3.16. The Morgan fingerprint density at radius 1 is 1.23 bits per heavy atom. The molecule has 0 spiro atoms. The predicted octanol–water partition coefficient (Wildman–Crippen LogP) is 4.14. The van der Waals surface area contributed by atoms with Gasteiger partial charge in [0.15, 0.2) is 11.5 Å². The van der Waals surface area contributed by atoms with Gasteiger partial charge in [-0.3, -0.25) is 9.89 Å². The number of nitrogens with one attached hydrogen (secondary N) is 2. The van der Waals surface area contributed by atoms with E-state index < -0.39 is 17.6 Å². The lowest BCUT2D eigenvalue weighted by Gasteiger charge is -2.10. The van der Waals surface area contributed by atoms with E-state index in [0.717, 1.165) is 12.1 Å². The van der Waals surface area contributed by atoms with Crippen LogP contribution in [0.5, 0.6) is 0 Å². The quantitative estimate of drug-likeness (QED) is 0.487. The Morgan fingerprint density at radius 3 is 2.55 bits per heavy atom. The van der Waals surface area contributed by atoms with E-state index in [4.69, 9.17) is 11.6 Å². The highest BCUT2D eigenvalue weighted by molar-refractivity contribution is 6.39. The molecule has 0 aliphatic rings. The number of carbonyl (C=O) groups excluding carboxylic acids is 1. The van der Waals surface area contributed by atoms with Crippen LogP contribution in [0.2, 0.25) is 5.02 Å². The van der Waals surface area contributed by atoms with Crippen LogP contribution in [-0.4, -0.2) is 35.9 Å². The molecule has 4 rings (SSSR count). The highest BCUT2D eigenvalue weighted by atomic mass is 35.5. The zero-order valence-corrected chi connectivity index (χ0v) is 17.0. The first-order valence-electron chi connectivity index (χ1n) is 9.01. The standard InChI is InChI=1S/C19H15ClF3N7O/c1-9-15-16(20)13(18(31)26-12-5-3-11(4-6-12)19(21,22)23)7-24-17(15)30(29-9)8-14-25-10(2)27-28-14/h3-7H,8H2,1-2H3,(H,26,31)(H,25,27,28). The average molecular weight is 450 g/mol. The fraction of sp³-hybridized carbons (Fsp3) is 0.211. The summed E-state index contributed by atoms with van der Waals surface area (Å²) in [6.45, 7) is 3.77. The van der Waals surface area contributed by atoms with E-state index in [-0.39, 0.29) is 22.8 Å². The second-order valence-electron chi connectivity index (χ2n) is 6.79. The summed E-state index contributed by atoms with van der Waals surface area (Å²) in [4.78, 5) is 21.2. The smallest absolute Gasteiger partial charge is 0.322 e. The highest BCUT2D eigenvalue weighted by Gasteiger charge is 2.30. The third-order valence-electron chi connectivity index (χ3n) is 4.52. The van der Waals surface area contributed by atoms with Crippen molar-refractivity contribution >= 4 is 34.2 Å². The summed E-state index contributed by atoms with van der Waals surface area (Å²) in [5.41, 5.74) is 0.475. The van der Waals surface area contributed by atoms with Crippen molar-refractivity contribution in [2.45, 2.75) is 26.6 Å². The van der Waals surface area contributed by atoms with Gasteiger partial charge in [-0.05, 0) is 38.1 Å². The Balaban J connectivity index is 1.61. The zero-order valence-electron chi connectivity index (χ0n) is 16.3. The van der Waals surface area contributed by atoms with Crippen molar-refractivity contribution in [1.82, 2.24) is 29.9 Å². The summed E-state index contributed by atoms with van der Waals surface area (Å²) in [6, 6.07) is 4.11. The van der Waals surface area contributed by atoms with Crippen LogP contribution in [0, 0.1) is 13.8 Å². The summed E-state index contributed by atoms with van der Waals surface area (Å²) in [5.74, 6) is 0.580. The average Bonchev–Trinajstić information content (AvgIpc) is 3.25. The molecular formula is C19H15ClF3N7O. The molecule has 1 aromatic carbocycles. The maximum Gasteiger partial charge on any atom is 0.416 e. The van der Waals surface area contributed by atoms with E-state index >= 15 is 0 Å². The largest absolute Gasteiger partial charge is 0.416 e. The van der Waals surface area contributed by atoms with Crippen molar-refractivity contribution in [3.05, 3.63) is 64.0 Å². The lowest BCUT2D eigenvalue weighted by atomic mass is 10.1. The number of H-pyrrole nitrogens is 1. The zero-order chi connectivity index (χ0) is 22.3. The maximum atomic E-state index is 12.7. The molecular weight excluding hydrogens is 435 g/mol. The second kappa shape index (κ2) is 7.65. The SMILES string of the molecule is Cc1nc(Cn2nc(C)c3c(Cl)c(C(=O)Nc4ccc(C(F)(F)F)cc4)cnc32)n[nH]1. The van der Waals surface area contributed by atoms with Gasteiger partial charge < -0.3 is 5.32 Å². The molecule has 8 nitrogen and oxygen atoms in total. The highest BCUT2D eigenvalue weighted by Crippen LogP contribution is 2.31. The van der Waals surface area contributed by atoms with Crippen LogP contribution in [-0.2, 0) is 12.7 Å².